The summed E-state index contributed by atoms with van der Waals surface area (Å²) in [6, 6.07) is 14.9. The number of para-hydroxylation sites is 1. The second kappa shape index (κ2) is 8.02. The Morgan fingerprint density at radius 1 is 1.09 bits per heavy atom. The van der Waals surface area contributed by atoms with Gasteiger partial charge in [0, 0.05) is 16.4 Å². The SMILES string of the molecule is CC[C@@H](C)c1ccccc1NC(=O)[C@@H](C)Nc1ccc(Cl)cc1. The van der Waals surface area contributed by atoms with Crippen LogP contribution in [0.4, 0.5) is 11.4 Å². The molecule has 0 radical (unpaired) electrons. The number of rotatable bonds is 6. The van der Waals surface area contributed by atoms with Crippen molar-refractivity contribution < 1.29 is 4.79 Å². The summed E-state index contributed by atoms with van der Waals surface area (Å²) in [5.74, 6) is 0.349. The van der Waals surface area contributed by atoms with Crippen LogP contribution in [0.3, 0.4) is 0 Å². The van der Waals surface area contributed by atoms with Gasteiger partial charge in [-0.3, -0.25) is 4.79 Å². The van der Waals surface area contributed by atoms with Gasteiger partial charge in [-0.15, -0.1) is 0 Å². The van der Waals surface area contributed by atoms with E-state index in [1.165, 1.54) is 5.56 Å². The summed E-state index contributed by atoms with van der Waals surface area (Å²) in [5.41, 5.74) is 2.92. The van der Waals surface area contributed by atoms with Crippen molar-refractivity contribution in [3.8, 4) is 0 Å². The van der Waals surface area contributed by atoms with Crippen LogP contribution in [0.25, 0.3) is 0 Å². The van der Waals surface area contributed by atoms with Crippen molar-refractivity contribution in [2.24, 2.45) is 0 Å². The zero-order valence-electron chi connectivity index (χ0n) is 13.8. The third-order valence-electron chi connectivity index (χ3n) is 3.98. The molecule has 3 nitrogen and oxygen atoms in total. The number of carbonyl (C=O) groups is 1. The van der Waals surface area contributed by atoms with Crippen LogP contribution in [0.2, 0.25) is 5.02 Å². The minimum Gasteiger partial charge on any atom is -0.374 e. The van der Waals surface area contributed by atoms with Crippen LogP contribution in [0.5, 0.6) is 0 Å². The van der Waals surface area contributed by atoms with Gasteiger partial charge in [0.25, 0.3) is 0 Å². The molecule has 1 amide bonds. The van der Waals surface area contributed by atoms with Gasteiger partial charge in [-0.05, 0) is 55.2 Å². The molecule has 0 aliphatic rings. The fraction of sp³-hybridized carbons (Fsp3) is 0.316. The predicted molar refractivity (Wildman–Crippen MR) is 98.3 cm³/mol. The summed E-state index contributed by atoms with van der Waals surface area (Å²) in [7, 11) is 0. The Morgan fingerprint density at radius 2 is 1.74 bits per heavy atom. The molecule has 0 heterocycles. The molecule has 2 aromatic rings. The summed E-state index contributed by atoms with van der Waals surface area (Å²) in [4.78, 5) is 12.4. The predicted octanol–water partition coefficient (Wildman–Crippen LogP) is 5.29. The number of carbonyl (C=O) groups excluding carboxylic acids is 1. The molecule has 0 fully saturated rings. The number of hydrogen-bond acceptors (Lipinski definition) is 2. The summed E-state index contributed by atoms with van der Waals surface area (Å²) in [6.45, 7) is 6.16. The molecule has 0 aliphatic carbocycles. The van der Waals surface area contributed by atoms with Crippen molar-refractivity contribution in [2.45, 2.75) is 39.2 Å². The van der Waals surface area contributed by atoms with Gasteiger partial charge in [0.1, 0.15) is 6.04 Å². The number of benzene rings is 2. The van der Waals surface area contributed by atoms with Gasteiger partial charge in [0.2, 0.25) is 5.91 Å². The Morgan fingerprint density at radius 3 is 2.39 bits per heavy atom. The van der Waals surface area contributed by atoms with Gasteiger partial charge in [0.15, 0.2) is 0 Å². The number of amides is 1. The van der Waals surface area contributed by atoms with Gasteiger partial charge in [-0.1, -0.05) is 43.6 Å². The van der Waals surface area contributed by atoms with Gasteiger partial charge in [-0.25, -0.2) is 0 Å². The molecular formula is C19H23ClN2O. The van der Waals surface area contributed by atoms with Crippen molar-refractivity contribution in [1.82, 2.24) is 0 Å². The highest BCUT2D eigenvalue weighted by Crippen LogP contribution is 2.26. The fourth-order valence-corrected chi connectivity index (χ4v) is 2.49. The molecular weight excluding hydrogens is 308 g/mol. The first-order valence-corrected chi connectivity index (χ1v) is 8.31. The Balaban J connectivity index is 2.05. The van der Waals surface area contributed by atoms with Gasteiger partial charge < -0.3 is 10.6 Å². The minimum absolute atomic E-state index is 0.0595. The van der Waals surface area contributed by atoms with Crippen LogP contribution in [0.15, 0.2) is 48.5 Å². The second-order valence-electron chi connectivity index (χ2n) is 5.76. The third-order valence-corrected chi connectivity index (χ3v) is 4.23. The monoisotopic (exact) mass is 330 g/mol. The van der Waals surface area contributed by atoms with Crippen LogP contribution in [0, 0.1) is 0 Å². The first-order valence-electron chi connectivity index (χ1n) is 7.93. The van der Waals surface area contributed by atoms with Crippen molar-refractivity contribution >= 4 is 28.9 Å². The lowest BCUT2D eigenvalue weighted by molar-refractivity contribution is -0.116. The molecule has 0 bridgehead atoms. The third kappa shape index (κ3) is 4.73. The molecule has 0 aliphatic heterocycles. The molecule has 2 N–H and O–H groups in total. The molecule has 2 aromatic carbocycles. The maximum Gasteiger partial charge on any atom is 0.246 e. The van der Waals surface area contributed by atoms with Gasteiger partial charge in [0.05, 0.1) is 0 Å². The first-order chi connectivity index (χ1) is 11.0. The molecule has 0 saturated carbocycles. The van der Waals surface area contributed by atoms with Gasteiger partial charge in [-0.2, -0.15) is 0 Å². The molecule has 0 unspecified atom stereocenters. The Bertz CT molecular complexity index is 655. The fourth-order valence-electron chi connectivity index (χ4n) is 2.36. The van der Waals surface area contributed by atoms with E-state index < -0.39 is 0 Å². The maximum atomic E-state index is 12.4. The average Bonchev–Trinajstić information content (AvgIpc) is 2.56. The standard InChI is InChI=1S/C19H23ClN2O/c1-4-13(2)17-7-5-6-8-18(17)22-19(23)14(3)21-16-11-9-15(20)10-12-16/h5-14,21H,4H2,1-3H3,(H,22,23)/t13-,14-/m1/s1. The van der Waals surface area contributed by atoms with E-state index in [-0.39, 0.29) is 11.9 Å². The van der Waals surface area contributed by atoms with Gasteiger partial charge >= 0.3 is 0 Å². The number of hydrogen-bond donors (Lipinski definition) is 2. The lowest BCUT2D eigenvalue weighted by Gasteiger charge is -2.19. The Kier molecular flexibility index (Phi) is 6.05. The lowest BCUT2D eigenvalue weighted by atomic mass is 9.97. The smallest absolute Gasteiger partial charge is 0.246 e. The molecule has 4 heteroatoms. The highest BCUT2D eigenvalue weighted by atomic mass is 35.5. The Hall–Kier alpha value is -2.00. The van der Waals surface area contributed by atoms with Crippen molar-refractivity contribution in [3.05, 3.63) is 59.1 Å². The summed E-state index contributed by atoms with van der Waals surface area (Å²) in [5, 5.41) is 6.89. The normalized spacial score (nSPS) is 13.2. The van der Waals surface area contributed by atoms with Crippen molar-refractivity contribution in [1.29, 1.82) is 0 Å². The lowest BCUT2D eigenvalue weighted by Crippen LogP contribution is -2.32. The van der Waals surface area contributed by atoms with E-state index in [4.69, 9.17) is 11.6 Å². The van der Waals surface area contributed by atoms with Crippen LogP contribution >= 0.6 is 11.6 Å². The van der Waals surface area contributed by atoms with E-state index in [0.717, 1.165) is 17.8 Å². The first kappa shape index (κ1) is 17.4. The molecule has 2 atom stereocenters. The largest absolute Gasteiger partial charge is 0.374 e. The van der Waals surface area contributed by atoms with Crippen LogP contribution in [-0.2, 0) is 4.79 Å². The molecule has 2 rings (SSSR count). The molecule has 0 aromatic heterocycles. The van der Waals surface area contributed by atoms with E-state index in [0.29, 0.717) is 10.9 Å². The molecule has 0 saturated heterocycles. The van der Waals surface area contributed by atoms with E-state index in [1.54, 1.807) is 12.1 Å². The number of anilines is 2. The zero-order chi connectivity index (χ0) is 16.8. The van der Waals surface area contributed by atoms with E-state index in [1.807, 2.05) is 37.3 Å². The van der Waals surface area contributed by atoms with Crippen LogP contribution in [-0.4, -0.2) is 11.9 Å². The quantitative estimate of drug-likeness (QED) is 0.755. The minimum atomic E-state index is -0.346. The van der Waals surface area contributed by atoms with Crippen LogP contribution in [0.1, 0.15) is 38.7 Å². The summed E-state index contributed by atoms with van der Waals surface area (Å²) >= 11 is 5.87. The van der Waals surface area contributed by atoms with Crippen LogP contribution < -0.4 is 10.6 Å². The molecule has 0 spiro atoms. The summed E-state index contributed by atoms with van der Waals surface area (Å²) < 4.78 is 0. The zero-order valence-corrected chi connectivity index (χ0v) is 14.5. The molecule has 122 valence electrons. The topological polar surface area (TPSA) is 41.1 Å². The van der Waals surface area contributed by atoms with E-state index in [9.17, 15) is 4.79 Å². The second-order valence-corrected chi connectivity index (χ2v) is 6.20. The maximum absolute atomic E-state index is 12.4. The average molecular weight is 331 g/mol. The highest BCUT2D eigenvalue weighted by molar-refractivity contribution is 6.30. The Labute approximate surface area is 143 Å². The molecule has 23 heavy (non-hydrogen) atoms. The number of halogens is 1. The van der Waals surface area contributed by atoms with E-state index in [2.05, 4.69) is 30.5 Å². The summed E-state index contributed by atoms with van der Waals surface area (Å²) in [6.07, 6.45) is 1.03. The highest BCUT2D eigenvalue weighted by Gasteiger charge is 2.16. The van der Waals surface area contributed by atoms with Crippen molar-refractivity contribution in [3.63, 3.8) is 0 Å². The van der Waals surface area contributed by atoms with E-state index >= 15 is 0 Å². The van der Waals surface area contributed by atoms with Crippen molar-refractivity contribution in [2.75, 3.05) is 10.6 Å². The number of nitrogens with one attached hydrogen (secondary N) is 2.